The van der Waals surface area contributed by atoms with E-state index >= 15 is 0 Å². The van der Waals surface area contributed by atoms with Crippen molar-refractivity contribution in [2.45, 2.75) is 50.6 Å². The summed E-state index contributed by atoms with van der Waals surface area (Å²) < 4.78 is 0. The molecule has 7 nitrogen and oxygen atoms in total. The van der Waals surface area contributed by atoms with E-state index in [9.17, 15) is 9.59 Å². The van der Waals surface area contributed by atoms with Crippen LogP contribution < -0.4 is 10.6 Å². The van der Waals surface area contributed by atoms with E-state index in [0.717, 1.165) is 6.42 Å². The number of carbonyl (C=O) groups is 2. The number of hydrogen-bond donors (Lipinski definition) is 4. The van der Waals surface area contributed by atoms with Gasteiger partial charge in [0.05, 0.1) is 18.0 Å². The van der Waals surface area contributed by atoms with Crippen molar-refractivity contribution in [3.8, 4) is 0 Å². The zero-order valence-corrected chi connectivity index (χ0v) is 11.5. The van der Waals surface area contributed by atoms with Gasteiger partial charge in [0.15, 0.2) is 0 Å². The third-order valence-corrected chi connectivity index (χ3v) is 3.74. The van der Waals surface area contributed by atoms with E-state index < -0.39 is 11.5 Å². The SMILES string of the molecule is CCC(NC(=O)NC1(CC(=O)O)CCC1)c1ncc[nH]1. The van der Waals surface area contributed by atoms with Gasteiger partial charge in [0.2, 0.25) is 0 Å². The first kappa shape index (κ1) is 14.4. The lowest BCUT2D eigenvalue weighted by Gasteiger charge is -2.41. The van der Waals surface area contributed by atoms with Crippen molar-refractivity contribution in [2.24, 2.45) is 0 Å². The molecule has 1 atom stereocenters. The molecule has 7 heteroatoms. The van der Waals surface area contributed by atoms with E-state index in [4.69, 9.17) is 5.11 Å². The first-order valence-electron chi connectivity index (χ1n) is 6.84. The summed E-state index contributed by atoms with van der Waals surface area (Å²) in [6, 6.07) is -0.541. The number of aromatic amines is 1. The van der Waals surface area contributed by atoms with Crippen molar-refractivity contribution in [2.75, 3.05) is 0 Å². The highest BCUT2D eigenvalue weighted by Crippen LogP contribution is 2.34. The number of carboxylic acids is 1. The molecule has 1 aromatic rings. The van der Waals surface area contributed by atoms with Crippen LogP contribution in [0.5, 0.6) is 0 Å². The third-order valence-electron chi connectivity index (χ3n) is 3.74. The number of imidazole rings is 1. The van der Waals surface area contributed by atoms with Crippen LogP contribution in [0.1, 0.15) is 50.9 Å². The Morgan fingerprint density at radius 2 is 2.30 bits per heavy atom. The number of aliphatic carboxylic acids is 1. The molecule has 1 aliphatic carbocycles. The number of hydrogen-bond acceptors (Lipinski definition) is 3. The molecule has 1 unspecified atom stereocenters. The number of nitrogens with zero attached hydrogens (tertiary/aromatic N) is 1. The fourth-order valence-corrected chi connectivity index (χ4v) is 2.51. The molecule has 1 heterocycles. The zero-order chi connectivity index (χ0) is 14.6. The first-order chi connectivity index (χ1) is 9.54. The Hall–Kier alpha value is -2.05. The zero-order valence-electron chi connectivity index (χ0n) is 11.5. The molecule has 0 saturated heterocycles. The second-order valence-corrected chi connectivity index (χ2v) is 5.24. The van der Waals surface area contributed by atoms with Gasteiger partial charge in [0, 0.05) is 12.4 Å². The van der Waals surface area contributed by atoms with Gasteiger partial charge >= 0.3 is 12.0 Å². The Kier molecular flexibility index (Phi) is 4.26. The molecule has 1 aliphatic rings. The number of H-pyrrole nitrogens is 1. The first-order valence-corrected chi connectivity index (χ1v) is 6.84. The summed E-state index contributed by atoms with van der Waals surface area (Å²) in [5, 5.41) is 14.6. The quantitative estimate of drug-likeness (QED) is 0.634. The molecule has 1 fully saturated rings. The Morgan fingerprint density at radius 1 is 1.55 bits per heavy atom. The van der Waals surface area contributed by atoms with E-state index in [0.29, 0.717) is 25.1 Å². The van der Waals surface area contributed by atoms with Crippen LogP contribution in [0, 0.1) is 0 Å². The number of nitrogens with one attached hydrogen (secondary N) is 3. The van der Waals surface area contributed by atoms with E-state index in [2.05, 4.69) is 20.6 Å². The molecule has 4 N–H and O–H groups in total. The van der Waals surface area contributed by atoms with Gasteiger partial charge in [-0.1, -0.05) is 6.92 Å². The Bertz CT molecular complexity index is 468. The largest absolute Gasteiger partial charge is 0.481 e. The summed E-state index contributed by atoms with van der Waals surface area (Å²) in [4.78, 5) is 30.0. The van der Waals surface area contributed by atoms with Gasteiger partial charge in [0.1, 0.15) is 5.82 Å². The summed E-state index contributed by atoms with van der Waals surface area (Å²) in [5.74, 6) is -0.188. The lowest BCUT2D eigenvalue weighted by atomic mass is 9.74. The van der Waals surface area contributed by atoms with Crippen molar-refractivity contribution >= 4 is 12.0 Å². The maximum atomic E-state index is 12.0. The number of carbonyl (C=O) groups excluding carboxylic acids is 1. The molecule has 0 aliphatic heterocycles. The highest BCUT2D eigenvalue weighted by atomic mass is 16.4. The molecule has 20 heavy (non-hydrogen) atoms. The molecular formula is C13H20N4O3. The van der Waals surface area contributed by atoms with Gasteiger partial charge in [-0.2, -0.15) is 0 Å². The second-order valence-electron chi connectivity index (χ2n) is 5.24. The van der Waals surface area contributed by atoms with Gasteiger partial charge in [-0.3, -0.25) is 4.79 Å². The Labute approximate surface area is 117 Å². The van der Waals surface area contributed by atoms with Gasteiger partial charge < -0.3 is 20.7 Å². The molecule has 0 spiro atoms. The fourth-order valence-electron chi connectivity index (χ4n) is 2.51. The molecule has 2 rings (SSSR count). The highest BCUT2D eigenvalue weighted by molar-refractivity contribution is 5.77. The molecular weight excluding hydrogens is 260 g/mol. The third kappa shape index (κ3) is 3.28. The molecule has 1 saturated carbocycles. The topological polar surface area (TPSA) is 107 Å². The summed E-state index contributed by atoms with van der Waals surface area (Å²) in [6.07, 6.45) is 6.38. The second kappa shape index (κ2) is 5.94. The number of rotatable bonds is 6. The summed E-state index contributed by atoms with van der Waals surface area (Å²) in [6.45, 7) is 1.95. The molecule has 0 radical (unpaired) electrons. The maximum absolute atomic E-state index is 12.0. The maximum Gasteiger partial charge on any atom is 0.315 e. The summed E-state index contributed by atoms with van der Waals surface area (Å²) in [7, 11) is 0. The predicted octanol–water partition coefficient (Wildman–Crippen LogP) is 1.56. The number of urea groups is 1. The van der Waals surface area contributed by atoms with Gasteiger partial charge in [-0.15, -0.1) is 0 Å². The summed E-state index contributed by atoms with van der Waals surface area (Å²) in [5.41, 5.74) is -0.586. The van der Waals surface area contributed by atoms with E-state index in [1.54, 1.807) is 12.4 Å². The molecule has 2 amide bonds. The lowest BCUT2D eigenvalue weighted by Crippen LogP contribution is -2.57. The molecule has 0 bridgehead atoms. The van der Waals surface area contributed by atoms with Crippen LogP contribution in [0.3, 0.4) is 0 Å². The van der Waals surface area contributed by atoms with Crippen LogP contribution in [-0.4, -0.2) is 32.6 Å². The Balaban J connectivity index is 1.92. The fraction of sp³-hybridized carbons (Fsp3) is 0.615. The van der Waals surface area contributed by atoms with Crippen LogP contribution in [-0.2, 0) is 4.79 Å². The van der Waals surface area contributed by atoms with E-state index in [1.165, 1.54) is 0 Å². The highest BCUT2D eigenvalue weighted by Gasteiger charge is 2.40. The van der Waals surface area contributed by atoms with Gasteiger partial charge in [-0.25, -0.2) is 9.78 Å². The van der Waals surface area contributed by atoms with Gasteiger partial charge in [0.25, 0.3) is 0 Å². The number of amides is 2. The van der Waals surface area contributed by atoms with Crippen molar-refractivity contribution in [3.63, 3.8) is 0 Å². The number of carboxylic acid groups (broad SMARTS) is 1. The van der Waals surface area contributed by atoms with E-state index in [-0.39, 0.29) is 18.5 Å². The van der Waals surface area contributed by atoms with Gasteiger partial charge in [-0.05, 0) is 25.7 Å². The lowest BCUT2D eigenvalue weighted by molar-refractivity contribution is -0.139. The van der Waals surface area contributed by atoms with Crippen LogP contribution in [0.4, 0.5) is 4.79 Å². The van der Waals surface area contributed by atoms with Crippen LogP contribution in [0.15, 0.2) is 12.4 Å². The monoisotopic (exact) mass is 280 g/mol. The molecule has 0 aromatic carbocycles. The smallest absolute Gasteiger partial charge is 0.315 e. The van der Waals surface area contributed by atoms with Crippen LogP contribution in [0.2, 0.25) is 0 Å². The normalized spacial score (nSPS) is 17.9. The molecule has 110 valence electrons. The average Bonchev–Trinajstić information content (AvgIpc) is 2.86. The number of aromatic nitrogens is 2. The predicted molar refractivity (Wildman–Crippen MR) is 72.1 cm³/mol. The van der Waals surface area contributed by atoms with Crippen molar-refractivity contribution < 1.29 is 14.7 Å². The van der Waals surface area contributed by atoms with Crippen LogP contribution >= 0.6 is 0 Å². The minimum absolute atomic E-state index is 0.0298. The van der Waals surface area contributed by atoms with Crippen molar-refractivity contribution in [1.29, 1.82) is 0 Å². The van der Waals surface area contributed by atoms with E-state index in [1.807, 2.05) is 6.92 Å². The molecule has 1 aromatic heterocycles. The van der Waals surface area contributed by atoms with Crippen molar-refractivity contribution in [1.82, 2.24) is 20.6 Å². The minimum Gasteiger partial charge on any atom is -0.481 e. The van der Waals surface area contributed by atoms with Crippen LogP contribution in [0.25, 0.3) is 0 Å². The Morgan fingerprint density at radius 3 is 2.75 bits per heavy atom. The standard InChI is InChI=1S/C13H20N4O3/c1-2-9(11-14-6-7-15-11)16-12(20)17-13(4-3-5-13)8-10(18)19/h6-7,9H,2-5,8H2,1H3,(H,14,15)(H,18,19)(H2,16,17,20). The van der Waals surface area contributed by atoms with Crippen molar-refractivity contribution in [3.05, 3.63) is 18.2 Å². The minimum atomic E-state index is -0.886. The summed E-state index contributed by atoms with van der Waals surface area (Å²) >= 11 is 0. The average molecular weight is 280 g/mol.